The molecular weight excluding hydrogens is 401 g/mol. The van der Waals surface area contributed by atoms with Gasteiger partial charge >= 0.3 is 0 Å². The number of carbonyl (C=O) groups is 1. The predicted molar refractivity (Wildman–Crippen MR) is 108 cm³/mol. The molecule has 3 aromatic rings. The summed E-state index contributed by atoms with van der Waals surface area (Å²) in [6.07, 6.45) is 4.92. The number of hydrogen-bond donors (Lipinski definition) is 0. The van der Waals surface area contributed by atoms with E-state index in [2.05, 4.69) is 5.10 Å². The van der Waals surface area contributed by atoms with E-state index in [1.807, 2.05) is 19.1 Å². The highest BCUT2D eigenvalue weighted by molar-refractivity contribution is 6.35. The van der Waals surface area contributed by atoms with E-state index >= 15 is 0 Å². The molecule has 0 spiro atoms. The average molecular weight is 422 g/mol. The Labute approximate surface area is 173 Å². The second kappa shape index (κ2) is 9.17. The highest BCUT2D eigenvalue weighted by Gasteiger charge is 2.20. The number of nitrogens with zero attached hydrogens (tertiary/aromatic N) is 3. The second-order valence-corrected chi connectivity index (χ2v) is 7.32. The van der Waals surface area contributed by atoms with E-state index < -0.39 is 0 Å². The molecule has 8 heteroatoms. The number of hydrogen-bond acceptors (Lipinski definition) is 4. The van der Waals surface area contributed by atoms with Gasteiger partial charge in [-0.25, -0.2) is 4.68 Å². The van der Waals surface area contributed by atoms with Crippen molar-refractivity contribution in [1.82, 2.24) is 14.7 Å². The highest BCUT2D eigenvalue weighted by atomic mass is 35.5. The summed E-state index contributed by atoms with van der Waals surface area (Å²) in [6.45, 7) is 2.13. The second-order valence-electron chi connectivity index (χ2n) is 6.47. The Morgan fingerprint density at radius 1 is 1.32 bits per heavy atom. The molecule has 0 fully saturated rings. The van der Waals surface area contributed by atoms with Gasteiger partial charge in [-0.2, -0.15) is 5.10 Å². The lowest BCUT2D eigenvalue weighted by atomic mass is 10.1. The first-order chi connectivity index (χ1) is 13.4. The van der Waals surface area contributed by atoms with Crippen molar-refractivity contribution in [1.29, 1.82) is 0 Å². The smallest absolute Gasteiger partial charge is 0.274 e. The van der Waals surface area contributed by atoms with Crippen molar-refractivity contribution in [2.24, 2.45) is 0 Å². The van der Waals surface area contributed by atoms with E-state index in [0.717, 1.165) is 18.6 Å². The zero-order valence-corrected chi connectivity index (χ0v) is 17.2. The third-order valence-corrected chi connectivity index (χ3v) is 5.01. The van der Waals surface area contributed by atoms with Crippen LogP contribution in [0.4, 0.5) is 0 Å². The van der Waals surface area contributed by atoms with Crippen LogP contribution < -0.4 is 4.74 Å². The Hall–Kier alpha value is -2.44. The van der Waals surface area contributed by atoms with E-state index in [0.29, 0.717) is 21.5 Å². The van der Waals surface area contributed by atoms with Gasteiger partial charge in [-0.15, -0.1) is 0 Å². The van der Waals surface area contributed by atoms with Gasteiger partial charge < -0.3 is 14.1 Å². The minimum Gasteiger partial charge on any atom is -0.470 e. The van der Waals surface area contributed by atoms with Crippen LogP contribution in [0.5, 0.6) is 5.75 Å². The van der Waals surface area contributed by atoms with Crippen LogP contribution in [0.2, 0.25) is 10.0 Å². The Kier molecular flexibility index (Phi) is 6.65. The number of rotatable bonds is 8. The molecule has 0 radical (unpaired) electrons. The van der Waals surface area contributed by atoms with Crippen molar-refractivity contribution in [2.45, 2.75) is 32.5 Å². The number of benzene rings is 1. The molecule has 0 aliphatic heterocycles. The number of ether oxygens (including phenoxy) is 1. The monoisotopic (exact) mass is 421 g/mol. The highest BCUT2D eigenvalue weighted by Crippen LogP contribution is 2.27. The first-order valence-electron chi connectivity index (χ1n) is 8.85. The normalized spacial score (nSPS) is 12.0. The number of aromatic nitrogens is 2. The quantitative estimate of drug-likeness (QED) is 0.518. The van der Waals surface area contributed by atoms with Gasteiger partial charge in [0.1, 0.15) is 11.5 Å². The fourth-order valence-electron chi connectivity index (χ4n) is 2.66. The Morgan fingerprint density at radius 2 is 2.14 bits per heavy atom. The maximum absolute atomic E-state index is 12.7. The predicted octanol–water partition coefficient (Wildman–Crippen LogP) is 4.91. The summed E-state index contributed by atoms with van der Waals surface area (Å²) in [6, 6.07) is 10.5. The van der Waals surface area contributed by atoms with Crippen LogP contribution in [-0.4, -0.2) is 33.7 Å². The lowest BCUT2D eigenvalue weighted by Gasteiger charge is -2.23. The molecule has 6 nitrogen and oxygen atoms in total. The molecule has 1 atom stereocenters. The van der Waals surface area contributed by atoms with E-state index in [4.69, 9.17) is 32.4 Å². The molecule has 148 valence electrons. The van der Waals surface area contributed by atoms with Gasteiger partial charge in [-0.05, 0) is 49.7 Å². The molecule has 1 amide bonds. The van der Waals surface area contributed by atoms with Crippen molar-refractivity contribution in [3.05, 3.63) is 70.4 Å². The van der Waals surface area contributed by atoms with Crippen molar-refractivity contribution in [3.63, 3.8) is 0 Å². The van der Waals surface area contributed by atoms with Crippen LogP contribution in [0, 0.1) is 0 Å². The maximum Gasteiger partial charge on any atom is 0.274 e. The van der Waals surface area contributed by atoms with Gasteiger partial charge in [0.2, 0.25) is 0 Å². The van der Waals surface area contributed by atoms with E-state index in [-0.39, 0.29) is 18.7 Å². The minimum absolute atomic E-state index is 0.0480. The summed E-state index contributed by atoms with van der Waals surface area (Å²) in [5.74, 6) is 1.27. The van der Waals surface area contributed by atoms with E-state index in [9.17, 15) is 4.79 Å². The fraction of sp³-hybridized carbons (Fsp3) is 0.300. The SMILES string of the molecule is CC(CCc1ccco1)N(C)C(=O)c1ccn(COc2ccc(Cl)cc2Cl)n1. The van der Waals surface area contributed by atoms with Crippen molar-refractivity contribution in [3.8, 4) is 5.75 Å². The maximum atomic E-state index is 12.7. The summed E-state index contributed by atoms with van der Waals surface area (Å²) in [4.78, 5) is 14.4. The third kappa shape index (κ3) is 5.09. The average Bonchev–Trinajstić information content (AvgIpc) is 3.36. The van der Waals surface area contributed by atoms with Gasteiger partial charge in [0.05, 0.1) is 11.3 Å². The zero-order valence-electron chi connectivity index (χ0n) is 15.6. The van der Waals surface area contributed by atoms with Crippen LogP contribution >= 0.6 is 23.2 Å². The Bertz CT molecular complexity index is 925. The summed E-state index contributed by atoms with van der Waals surface area (Å²) >= 11 is 12.0. The third-order valence-electron chi connectivity index (χ3n) is 4.48. The first-order valence-corrected chi connectivity index (χ1v) is 9.60. The van der Waals surface area contributed by atoms with Gasteiger partial charge in [0.15, 0.2) is 12.4 Å². The molecule has 2 aromatic heterocycles. The largest absolute Gasteiger partial charge is 0.470 e. The number of aryl methyl sites for hydroxylation is 1. The zero-order chi connectivity index (χ0) is 20.1. The summed E-state index contributed by atoms with van der Waals surface area (Å²) in [5.41, 5.74) is 0.359. The molecule has 3 rings (SSSR count). The molecule has 0 aliphatic rings. The molecule has 28 heavy (non-hydrogen) atoms. The fourth-order valence-corrected chi connectivity index (χ4v) is 3.12. The Morgan fingerprint density at radius 3 is 2.86 bits per heavy atom. The first kappa shape index (κ1) is 20.3. The molecule has 0 saturated carbocycles. The van der Waals surface area contributed by atoms with Gasteiger partial charge in [-0.1, -0.05) is 23.2 Å². The molecule has 0 N–H and O–H groups in total. The number of halogens is 2. The standard InChI is InChI=1S/C20H21Cl2N3O3/c1-14(5-7-16-4-3-11-27-16)24(2)20(26)18-9-10-25(23-18)13-28-19-8-6-15(21)12-17(19)22/h3-4,6,8-12,14H,5,7,13H2,1-2H3. The molecule has 0 bridgehead atoms. The van der Waals surface area contributed by atoms with Gasteiger partial charge in [0.25, 0.3) is 5.91 Å². The van der Waals surface area contributed by atoms with Gasteiger partial charge in [0, 0.05) is 30.7 Å². The van der Waals surface area contributed by atoms with Crippen molar-refractivity contribution >= 4 is 29.1 Å². The van der Waals surface area contributed by atoms with Crippen molar-refractivity contribution in [2.75, 3.05) is 7.05 Å². The number of furan rings is 1. The summed E-state index contributed by atoms with van der Waals surface area (Å²) in [7, 11) is 1.78. The van der Waals surface area contributed by atoms with Crippen LogP contribution in [0.1, 0.15) is 29.6 Å². The minimum atomic E-state index is -0.143. The van der Waals surface area contributed by atoms with Crippen LogP contribution in [0.25, 0.3) is 0 Å². The van der Waals surface area contributed by atoms with Crippen molar-refractivity contribution < 1.29 is 13.9 Å². The number of carbonyl (C=O) groups excluding carboxylic acids is 1. The molecule has 1 aromatic carbocycles. The number of amides is 1. The lowest BCUT2D eigenvalue weighted by Crippen LogP contribution is -2.35. The molecule has 1 unspecified atom stereocenters. The molecular formula is C20H21Cl2N3O3. The molecule has 0 saturated heterocycles. The Balaban J connectivity index is 1.55. The van der Waals surface area contributed by atoms with E-state index in [1.54, 1.807) is 53.4 Å². The topological polar surface area (TPSA) is 60.5 Å². The van der Waals surface area contributed by atoms with Crippen LogP contribution in [0.3, 0.4) is 0 Å². The van der Waals surface area contributed by atoms with Crippen LogP contribution in [-0.2, 0) is 13.2 Å². The van der Waals surface area contributed by atoms with Crippen LogP contribution in [0.15, 0.2) is 53.3 Å². The van der Waals surface area contributed by atoms with E-state index in [1.165, 1.54) is 0 Å². The molecule has 2 heterocycles. The summed E-state index contributed by atoms with van der Waals surface area (Å²) in [5, 5.41) is 5.25. The molecule has 0 aliphatic carbocycles. The lowest BCUT2D eigenvalue weighted by molar-refractivity contribution is 0.0728. The summed E-state index contributed by atoms with van der Waals surface area (Å²) < 4.78 is 12.5. The van der Waals surface area contributed by atoms with Gasteiger partial charge in [-0.3, -0.25) is 4.79 Å².